The number of hydrogen-bond acceptors (Lipinski definition) is 3. The summed E-state index contributed by atoms with van der Waals surface area (Å²) >= 11 is 0. The van der Waals surface area contributed by atoms with Crippen molar-refractivity contribution in [2.75, 3.05) is 39.5 Å². The molecule has 17 heavy (non-hydrogen) atoms. The summed E-state index contributed by atoms with van der Waals surface area (Å²) in [6.07, 6.45) is 3.99. The van der Waals surface area contributed by atoms with Gasteiger partial charge >= 0.3 is 0 Å². The predicted molar refractivity (Wildman–Crippen MR) is 71.4 cm³/mol. The molecule has 1 fully saturated rings. The molecular formula is C14H29NO2. The van der Waals surface area contributed by atoms with Gasteiger partial charge < -0.3 is 9.47 Å². The number of hydrogen-bond donors (Lipinski definition) is 0. The van der Waals surface area contributed by atoms with Crippen LogP contribution in [-0.4, -0.2) is 50.5 Å². The summed E-state index contributed by atoms with van der Waals surface area (Å²) in [5, 5.41) is 0. The first-order valence-corrected chi connectivity index (χ1v) is 7.14. The molecule has 3 heteroatoms. The van der Waals surface area contributed by atoms with Crippen LogP contribution in [0, 0.1) is 5.92 Å². The standard InChI is InChI=1S/C14H29NO2/c1-4-5-6-8-16-12-14-11-15(7-9-17-14)10-13(2)3/h13-14H,4-12H2,1-3H3. The van der Waals surface area contributed by atoms with Crippen LogP contribution < -0.4 is 0 Å². The van der Waals surface area contributed by atoms with E-state index in [1.165, 1.54) is 25.8 Å². The zero-order valence-corrected chi connectivity index (χ0v) is 11.8. The maximum absolute atomic E-state index is 5.73. The predicted octanol–water partition coefficient (Wildman–Crippen LogP) is 2.55. The van der Waals surface area contributed by atoms with Crippen LogP contribution in [0.15, 0.2) is 0 Å². The van der Waals surface area contributed by atoms with Gasteiger partial charge in [0.1, 0.15) is 0 Å². The van der Waals surface area contributed by atoms with E-state index in [-0.39, 0.29) is 6.10 Å². The van der Waals surface area contributed by atoms with E-state index < -0.39 is 0 Å². The molecule has 102 valence electrons. The Morgan fingerprint density at radius 1 is 1.35 bits per heavy atom. The van der Waals surface area contributed by atoms with Gasteiger partial charge in [0.2, 0.25) is 0 Å². The second kappa shape index (κ2) is 8.90. The minimum absolute atomic E-state index is 0.282. The van der Waals surface area contributed by atoms with Crippen LogP contribution >= 0.6 is 0 Å². The van der Waals surface area contributed by atoms with Crippen molar-refractivity contribution in [1.82, 2.24) is 4.90 Å². The van der Waals surface area contributed by atoms with E-state index in [4.69, 9.17) is 9.47 Å². The summed E-state index contributed by atoms with van der Waals surface area (Å²) in [4.78, 5) is 2.49. The molecule has 0 amide bonds. The van der Waals surface area contributed by atoms with Crippen LogP contribution in [0.4, 0.5) is 0 Å². The molecule has 1 aliphatic rings. The molecule has 1 aliphatic heterocycles. The van der Waals surface area contributed by atoms with Crippen LogP contribution in [0.25, 0.3) is 0 Å². The fourth-order valence-corrected chi connectivity index (χ4v) is 2.23. The van der Waals surface area contributed by atoms with Gasteiger partial charge in [-0.05, 0) is 12.3 Å². The third-order valence-corrected chi connectivity index (χ3v) is 3.04. The second-order valence-corrected chi connectivity index (χ2v) is 5.43. The van der Waals surface area contributed by atoms with E-state index in [0.717, 1.165) is 38.8 Å². The summed E-state index contributed by atoms with van der Waals surface area (Å²) in [5.41, 5.74) is 0. The van der Waals surface area contributed by atoms with Gasteiger partial charge in [0.25, 0.3) is 0 Å². The van der Waals surface area contributed by atoms with Crippen molar-refractivity contribution in [2.45, 2.75) is 46.1 Å². The molecule has 0 radical (unpaired) electrons. The minimum Gasteiger partial charge on any atom is -0.379 e. The summed E-state index contributed by atoms with van der Waals surface area (Å²) < 4.78 is 11.4. The van der Waals surface area contributed by atoms with Crippen molar-refractivity contribution < 1.29 is 9.47 Å². The third-order valence-electron chi connectivity index (χ3n) is 3.04. The van der Waals surface area contributed by atoms with Gasteiger partial charge in [-0.3, -0.25) is 4.90 Å². The van der Waals surface area contributed by atoms with Crippen LogP contribution in [0.1, 0.15) is 40.0 Å². The molecule has 1 rings (SSSR count). The van der Waals surface area contributed by atoms with Crippen molar-refractivity contribution in [3.8, 4) is 0 Å². The van der Waals surface area contributed by atoms with Crippen LogP contribution in [-0.2, 0) is 9.47 Å². The van der Waals surface area contributed by atoms with E-state index in [1.54, 1.807) is 0 Å². The van der Waals surface area contributed by atoms with E-state index in [0.29, 0.717) is 0 Å². The molecule has 0 aromatic carbocycles. The molecule has 1 atom stereocenters. The molecule has 0 aromatic rings. The van der Waals surface area contributed by atoms with Gasteiger partial charge in [-0.2, -0.15) is 0 Å². The Morgan fingerprint density at radius 2 is 2.18 bits per heavy atom. The van der Waals surface area contributed by atoms with Crippen molar-refractivity contribution in [3.63, 3.8) is 0 Å². The zero-order chi connectivity index (χ0) is 12.5. The summed E-state index contributed by atoms with van der Waals surface area (Å²) in [6, 6.07) is 0. The first-order valence-electron chi connectivity index (χ1n) is 7.14. The molecule has 0 aromatic heterocycles. The lowest BCUT2D eigenvalue weighted by molar-refractivity contribution is -0.0713. The number of ether oxygens (including phenoxy) is 2. The van der Waals surface area contributed by atoms with E-state index >= 15 is 0 Å². The molecular weight excluding hydrogens is 214 g/mol. The first kappa shape index (κ1) is 14.9. The number of nitrogens with zero attached hydrogens (tertiary/aromatic N) is 1. The summed E-state index contributed by atoms with van der Waals surface area (Å²) in [6.45, 7) is 12.5. The van der Waals surface area contributed by atoms with Crippen molar-refractivity contribution in [2.24, 2.45) is 5.92 Å². The van der Waals surface area contributed by atoms with Crippen LogP contribution in [0.3, 0.4) is 0 Å². The Kier molecular flexibility index (Phi) is 7.82. The normalized spacial score (nSPS) is 22.2. The quantitative estimate of drug-likeness (QED) is 0.612. The molecule has 0 N–H and O–H groups in total. The lowest BCUT2D eigenvalue weighted by atomic mass is 10.2. The molecule has 1 unspecified atom stereocenters. The lowest BCUT2D eigenvalue weighted by Gasteiger charge is -2.33. The molecule has 3 nitrogen and oxygen atoms in total. The van der Waals surface area contributed by atoms with Crippen LogP contribution in [0.5, 0.6) is 0 Å². The van der Waals surface area contributed by atoms with Gasteiger partial charge in [-0.25, -0.2) is 0 Å². The monoisotopic (exact) mass is 243 g/mol. The molecule has 1 heterocycles. The summed E-state index contributed by atoms with van der Waals surface area (Å²) in [5.74, 6) is 0.735. The van der Waals surface area contributed by atoms with Gasteiger partial charge in [-0.15, -0.1) is 0 Å². The molecule has 1 saturated heterocycles. The molecule has 0 saturated carbocycles. The highest BCUT2D eigenvalue weighted by molar-refractivity contribution is 4.71. The van der Waals surface area contributed by atoms with Gasteiger partial charge in [0, 0.05) is 26.2 Å². The van der Waals surface area contributed by atoms with Gasteiger partial charge in [0.05, 0.1) is 19.3 Å². The fourth-order valence-electron chi connectivity index (χ4n) is 2.23. The molecule has 0 bridgehead atoms. The Morgan fingerprint density at radius 3 is 2.88 bits per heavy atom. The van der Waals surface area contributed by atoms with Crippen molar-refractivity contribution >= 4 is 0 Å². The highest BCUT2D eigenvalue weighted by Crippen LogP contribution is 2.08. The van der Waals surface area contributed by atoms with Crippen LogP contribution in [0.2, 0.25) is 0 Å². The highest BCUT2D eigenvalue weighted by Gasteiger charge is 2.20. The second-order valence-electron chi connectivity index (χ2n) is 5.43. The SMILES string of the molecule is CCCCCOCC1CN(CC(C)C)CCO1. The van der Waals surface area contributed by atoms with E-state index in [2.05, 4.69) is 25.7 Å². The maximum atomic E-state index is 5.73. The van der Waals surface area contributed by atoms with E-state index in [1.807, 2.05) is 0 Å². The highest BCUT2D eigenvalue weighted by atomic mass is 16.5. The number of morpholine rings is 1. The van der Waals surface area contributed by atoms with Crippen molar-refractivity contribution in [1.29, 1.82) is 0 Å². The topological polar surface area (TPSA) is 21.7 Å². The Hall–Kier alpha value is -0.120. The minimum atomic E-state index is 0.282. The average molecular weight is 243 g/mol. The third kappa shape index (κ3) is 7.02. The molecule has 0 spiro atoms. The fraction of sp³-hybridized carbons (Fsp3) is 1.00. The summed E-state index contributed by atoms with van der Waals surface area (Å²) in [7, 11) is 0. The number of unbranched alkanes of at least 4 members (excludes halogenated alkanes) is 2. The average Bonchev–Trinajstić information content (AvgIpc) is 2.28. The molecule has 0 aliphatic carbocycles. The maximum Gasteiger partial charge on any atom is 0.0935 e. The van der Waals surface area contributed by atoms with Gasteiger partial charge in [0.15, 0.2) is 0 Å². The zero-order valence-electron chi connectivity index (χ0n) is 11.8. The van der Waals surface area contributed by atoms with E-state index in [9.17, 15) is 0 Å². The Balaban J connectivity index is 2.08. The first-order chi connectivity index (χ1) is 8.22. The Bertz CT molecular complexity index is 185. The largest absolute Gasteiger partial charge is 0.379 e. The Labute approximate surface area is 106 Å². The lowest BCUT2D eigenvalue weighted by Crippen LogP contribution is -2.45. The smallest absolute Gasteiger partial charge is 0.0935 e. The van der Waals surface area contributed by atoms with Crippen molar-refractivity contribution in [3.05, 3.63) is 0 Å². The number of rotatable bonds is 8. The van der Waals surface area contributed by atoms with Gasteiger partial charge in [-0.1, -0.05) is 33.6 Å².